The zero-order chi connectivity index (χ0) is 20.8. The zero-order valence-corrected chi connectivity index (χ0v) is 16.8. The van der Waals surface area contributed by atoms with E-state index in [1.807, 2.05) is 79.7 Å². The Morgan fingerprint density at radius 1 is 1.00 bits per heavy atom. The summed E-state index contributed by atoms with van der Waals surface area (Å²) >= 11 is 0. The predicted octanol–water partition coefficient (Wildman–Crippen LogP) is 4.28. The van der Waals surface area contributed by atoms with E-state index in [-0.39, 0.29) is 12.7 Å². The van der Waals surface area contributed by atoms with Gasteiger partial charge in [-0.1, -0.05) is 48.5 Å². The van der Waals surface area contributed by atoms with Gasteiger partial charge in [0.2, 0.25) is 12.7 Å². The van der Waals surface area contributed by atoms with Crippen LogP contribution in [0, 0.1) is 0 Å². The molecule has 2 N–H and O–H groups in total. The Morgan fingerprint density at radius 3 is 2.60 bits per heavy atom. The van der Waals surface area contributed by atoms with Crippen LogP contribution in [0.25, 0.3) is 0 Å². The molecule has 0 fully saturated rings. The molecule has 3 aromatic carbocycles. The molecule has 6 heteroatoms. The average molecular weight is 404 g/mol. The van der Waals surface area contributed by atoms with Gasteiger partial charge in [-0.25, -0.2) is 0 Å². The highest BCUT2D eigenvalue weighted by molar-refractivity contribution is 5.96. The highest BCUT2D eigenvalue weighted by Gasteiger charge is 2.22. The topological polar surface area (TPSA) is 68.8 Å². The molecule has 1 aliphatic rings. The van der Waals surface area contributed by atoms with Gasteiger partial charge in [-0.2, -0.15) is 0 Å². The number of rotatable bonds is 8. The Hall–Kier alpha value is -3.51. The molecule has 0 bridgehead atoms. The first-order valence-corrected chi connectivity index (χ1v) is 9.94. The van der Waals surface area contributed by atoms with Gasteiger partial charge in [0.25, 0.3) is 0 Å². The summed E-state index contributed by atoms with van der Waals surface area (Å²) in [6, 6.07) is 22.3. The van der Waals surface area contributed by atoms with Crippen LogP contribution in [-0.2, 0) is 11.3 Å². The number of hydrogen-bond acceptors (Lipinski definition) is 5. The Bertz CT molecular complexity index is 1010. The van der Waals surface area contributed by atoms with E-state index >= 15 is 0 Å². The van der Waals surface area contributed by atoms with E-state index in [0.29, 0.717) is 24.6 Å². The van der Waals surface area contributed by atoms with Crippen molar-refractivity contribution in [1.82, 2.24) is 5.32 Å². The van der Waals surface area contributed by atoms with E-state index in [2.05, 4.69) is 10.6 Å². The molecule has 1 atom stereocenters. The lowest BCUT2D eigenvalue weighted by Gasteiger charge is -2.20. The zero-order valence-electron chi connectivity index (χ0n) is 16.8. The van der Waals surface area contributed by atoms with E-state index in [1.54, 1.807) is 0 Å². The van der Waals surface area contributed by atoms with E-state index in [4.69, 9.17) is 14.2 Å². The summed E-state index contributed by atoms with van der Waals surface area (Å²) in [5, 5.41) is 6.37. The molecule has 0 radical (unpaired) electrons. The second kappa shape index (κ2) is 9.33. The Morgan fingerprint density at radius 2 is 1.77 bits per heavy atom. The first-order valence-electron chi connectivity index (χ1n) is 9.94. The van der Waals surface area contributed by atoms with Crippen LogP contribution in [0.15, 0.2) is 72.8 Å². The van der Waals surface area contributed by atoms with E-state index in [0.717, 1.165) is 22.6 Å². The van der Waals surface area contributed by atoms with Crippen LogP contribution in [0.1, 0.15) is 24.1 Å². The Labute approximate surface area is 175 Å². The fraction of sp³-hybridized carbons (Fsp3) is 0.208. The summed E-state index contributed by atoms with van der Waals surface area (Å²) in [6.07, 6.45) is 0. The second-order valence-electron chi connectivity index (χ2n) is 6.83. The molecule has 6 nitrogen and oxygen atoms in total. The summed E-state index contributed by atoms with van der Waals surface area (Å²) < 4.78 is 16.4. The van der Waals surface area contributed by atoms with Crippen LogP contribution >= 0.6 is 0 Å². The average Bonchev–Trinajstić information content (AvgIpc) is 3.24. The maximum absolute atomic E-state index is 13.2. The third kappa shape index (κ3) is 4.55. The van der Waals surface area contributed by atoms with Crippen LogP contribution in [0.4, 0.5) is 5.69 Å². The predicted molar refractivity (Wildman–Crippen MR) is 115 cm³/mol. The number of fused-ring (bicyclic) bond motifs is 1. The van der Waals surface area contributed by atoms with Gasteiger partial charge >= 0.3 is 0 Å². The van der Waals surface area contributed by atoms with Crippen molar-refractivity contribution in [1.29, 1.82) is 0 Å². The quantitative estimate of drug-likeness (QED) is 0.586. The summed E-state index contributed by atoms with van der Waals surface area (Å²) in [4.78, 5) is 13.2. The summed E-state index contributed by atoms with van der Waals surface area (Å²) in [5.41, 5.74) is 2.53. The monoisotopic (exact) mass is 404 g/mol. The van der Waals surface area contributed by atoms with E-state index in [9.17, 15) is 4.79 Å². The normalized spacial score (nSPS) is 13.0. The van der Waals surface area contributed by atoms with Gasteiger partial charge in [0, 0.05) is 6.54 Å². The van der Waals surface area contributed by atoms with Crippen molar-refractivity contribution in [3.8, 4) is 17.2 Å². The van der Waals surface area contributed by atoms with E-state index < -0.39 is 6.04 Å². The number of benzene rings is 3. The molecule has 4 rings (SSSR count). The maximum atomic E-state index is 13.2. The van der Waals surface area contributed by atoms with Crippen molar-refractivity contribution in [3.05, 3.63) is 83.9 Å². The van der Waals surface area contributed by atoms with Crippen molar-refractivity contribution in [2.75, 3.05) is 18.7 Å². The molecule has 1 heterocycles. The lowest BCUT2D eigenvalue weighted by molar-refractivity contribution is -0.118. The van der Waals surface area contributed by atoms with Gasteiger partial charge in [-0.3, -0.25) is 10.1 Å². The van der Waals surface area contributed by atoms with Crippen molar-refractivity contribution in [2.24, 2.45) is 0 Å². The highest BCUT2D eigenvalue weighted by atomic mass is 16.7. The number of hydrogen-bond donors (Lipinski definition) is 2. The first kappa shape index (κ1) is 19.8. The Kier molecular flexibility index (Phi) is 6.15. The van der Waals surface area contributed by atoms with Crippen LogP contribution in [0.2, 0.25) is 0 Å². The molecule has 0 spiro atoms. The number of anilines is 1. The molecule has 0 saturated carbocycles. The lowest BCUT2D eigenvalue weighted by atomic mass is 10.1. The molecule has 30 heavy (non-hydrogen) atoms. The number of para-hydroxylation sites is 2. The van der Waals surface area contributed by atoms with Crippen LogP contribution in [-0.4, -0.2) is 19.3 Å². The maximum Gasteiger partial charge on any atom is 0.246 e. The van der Waals surface area contributed by atoms with Crippen LogP contribution < -0.4 is 24.8 Å². The van der Waals surface area contributed by atoms with Crippen molar-refractivity contribution in [2.45, 2.75) is 19.5 Å². The molecule has 3 aromatic rings. The summed E-state index contributed by atoms with van der Waals surface area (Å²) in [7, 11) is 0. The second-order valence-corrected chi connectivity index (χ2v) is 6.83. The molecule has 1 amide bonds. The van der Waals surface area contributed by atoms with Gasteiger partial charge in [-0.15, -0.1) is 0 Å². The minimum atomic E-state index is -0.536. The summed E-state index contributed by atoms with van der Waals surface area (Å²) in [6.45, 7) is 3.17. The highest BCUT2D eigenvalue weighted by Crippen LogP contribution is 2.32. The smallest absolute Gasteiger partial charge is 0.246 e. The van der Waals surface area contributed by atoms with Gasteiger partial charge in [-0.05, 0) is 42.3 Å². The SMILES string of the molecule is CCOc1ccccc1NC(=O)C(NCc1ccc2c(c1)OCO2)c1ccccc1. The minimum Gasteiger partial charge on any atom is -0.492 e. The molecule has 1 aliphatic heterocycles. The molecule has 0 saturated heterocycles. The van der Waals surface area contributed by atoms with Crippen molar-refractivity contribution < 1.29 is 19.0 Å². The number of ether oxygens (including phenoxy) is 3. The lowest BCUT2D eigenvalue weighted by Crippen LogP contribution is -2.32. The molecular weight excluding hydrogens is 380 g/mol. The molecule has 154 valence electrons. The fourth-order valence-corrected chi connectivity index (χ4v) is 3.33. The van der Waals surface area contributed by atoms with Crippen molar-refractivity contribution in [3.63, 3.8) is 0 Å². The fourth-order valence-electron chi connectivity index (χ4n) is 3.33. The largest absolute Gasteiger partial charge is 0.492 e. The number of carbonyl (C=O) groups is 1. The van der Waals surface area contributed by atoms with Gasteiger partial charge in [0.1, 0.15) is 11.8 Å². The van der Waals surface area contributed by atoms with Gasteiger partial charge in [0.05, 0.1) is 12.3 Å². The summed E-state index contributed by atoms with van der Waals surface area (Å²) in [5.74, 6) is 1.95. The standard InChI is InChI=1S/C24H24N2O4/c1-2-28-20-11-7-6-10-19(20)26-24(27)23(18-8-4-3-5-9-18)25-15-17-12-13-21-22(14-17)30-16-29-21/h3-14,23,25H,2,15-16H2,1H3,(H,26,27). The van der Waals surface area contributed by atoms with Gasteiger partial charge < -0.3 is 19.5 Å². The van der Waals surface area contributed by atoms with Crippen LogP contribution in [0.3, 0.4) is 0 Å². The minimum absolute atomic E-state index is 0.158. The number of nitrogens with one attached hydrogen (secondary N) is 2. The molecular formula is C24H24N2O4. The molecule has 0 aromatic heterocycles. The third-order valence-electron chi connectivity index (χ3n) is 4.79. The van der Waals surface area contributed by atoms with Crippen molar-refractivity contribution >= 4 is 11.6 Å². The van der Waals surface area contributed by atoms with Crippen LogP contribution in [0.5, 0.6) is 17.2 Å². The third-order valence-corrected chi connectivity index (χ3v) is 4.79. The number of amides is 1. The molecule has 0 aliphatic carbocycles. The van der Waals surface area contributed by atoms with E-state index in [1.165, 1.54) is 0 Å². The number of carbonyl (C=O) groups excluding carboxylic acids is 1. The Balaban J connectivity index is 1.52. The van der Waals surface area contributed by atoms with Gasteiger partial charge in [0.15, 0.2) is 11.5 Å². The molecule has 1 unspecified atom stereocenters. The first-order chi connectivity index (χ1) is 14.7.